The predicted molar refractivity (Wildman–Crippen MR) is 77.6 cm³/mol. The lowest BCUT2D eigenvalue weighted by molar-refractivity contribution is -0.144. The van der Waals surface area contributed by atoms with E-state index in [1.807, 2.05) is 19.1 Å². The normalized spacial score (nSPS) is 13.6. The topological polar surface area (TPSA) is 67.8 Å². The standard InChI is InChI=1S/C15H23NO4/c1-5-8-16-15(2,14(17)18)10-11-6-7-12(19-3)13(9-11)20-4/h6-7,9,16H,5,8,10H2,1-4H3,(H,17,18). The lowest BCUT2D eigenvalue weighted by atomic mass is 9.92. The van der Waals surface area contributed by atoms with Gasteiger partial charge >= 0.3 is 5.97 Å². The Kier molecular flexibility index (Phi) is 5.82. The summed E-state index contributed by atoms with van der Waals surface area (Å²) in [5.41, 5.74) is -0.105. The molecule has 5 heteroatoms. The van der Waals surface area contributed by atoms with Gasteiger partial charge in [-0.05, 0) is 37.6 Å². The maximum atomic E-state index is 11.5. The van der Waals surface area contributed by atoms with E-state index < -0.39 is 11.5 Å². The number of nitrogens with one attached hydrogen (secondary N) is 1. The molecule has 2 N–H and O–H groups in total. The molecule has 1 aromatic rings. The SMILES string of the molecule is CCCNC(C)(Cc1ccc(OC)c(OC)c1)C(=O)O. The molecule has 0 spiro atoms. The van der Waals surface area contributed by atoms with Crippen LogP contribution in [0, 0.1) is 0 Å². The van der Waals surface area contributed by atoms with Crippen molar-refractivity contribution in [3.8, 4) is 11.5 Å². The average Bonchev–Trinajstić information content (AvgIpc) is 2.44. The summed E-state index contributed by atoms with van der Waals surface area (Å²) >= 11 is 0. The zero-order valence-corrected chi connectivity index (χ0v) is 12.5. The van der Waals surface area contributed by atoms with Crippen LogP contribution in [0.25, 0.3) is 0 Å². The van der Waals surface area contributed by atoms with Gasteiger partial charge in [-0.2, -0.15) is 0 Å². The van der Waals surface area contributed by atoms with Gasteiger partial charge in [0, 0.05) is 6.42 Å². The Balaban J connectivity index is 2.96. The minimum Gasteiger partial charge on any atom is -0.493 e. The Morgan fingerprint density at radius 3 is 2.45 bits per heavy atom. The Morgan fingerprint density at radius 2 is 1.95 bits per heavy atom. The zero-order valence-electron chi connectivity index (χ0n) is 12.5. The minimum atomic E-state index is -0.990. The second kappa shape index (κ2) is 7.14. The van der Waals surface area contributed by atoms with Crippen molar-refractivity contribution >= 4 is 5.97 Å². The van der Waals surface area contributed by atoms with Crippen molar-refractivity contribution in [1.82, 2.24) is 5.32 Å². The van der Waals surface area contributed by atoms with Crippen LogP contribution in [0.15, 0.2) is 18.2 Å². The van der Waals surface area contributed by atoms with Crippen LogP contribution in [0.2, 0.25) is 0 Å². The quantitative estimate of drug-likeness (QED) is 0.763. The fraction of sp³-hybridized carbons (Fsp3) is 0.533. The number of carboxylic acid groups (broad SMARTS) is 1. The predicted octanol–water partition coefficient (Wildman–Crippen LogP) is 2.09. The first-order valence-corrected chi connectivity index (χ1v) is 6.66. The molecule has 1 unspecified atom stereocenters. The summed E-state index contributed by atoms with van der Waals surface area (Å²) in [7, 11) is 3.13. The van der Waals surface area contributed by atoms with E-state index in [0.29, 0.717) is 24.5 Å². The maximum absolute atomic E-state index is 11.5. The molecule has 0 aliphatic heterocycles. The molecule has 0 aromatic heterocycles. The Morgan fingerprint density at radius 1 is 1.30 bits per heavy atom. The summed E-state index contributed by atoms with van der Waals surface area (Å²) in [4.78, 5) is 11.5. The van der Waals surface area contributed by atoms with Gasteiger partial charge in [0.2, 0.25) is 0 Å². The van der Waals surface area contributed by atoms with Crippen molar-refractivity contribution < 1.29 is 19.4 Å². The van der Waals surface area contributed by atoms with Gasteiger partial charge in [0.25, 0.3) is 0 Å². The largest absolute Gasteiger partial charge is 0.493 e. The smallest absolute Gasteiger partial charge is 0.323 e. The number of hydrogen-bond acceptors (Lipinski definition) is 4. The van der Waals surface area contributed by atoms with Crippen LogP contribution in [0.4, 0.5) is 0 Å². The van der Waals surface area contributed by atoms with Crippen LogP contribution in [0.1, 0.15) is 25.8 Å². The lowest BCUT2D eigenvalue weighted by Crippen LogP contribution is -2.51. The molecule has 0 radical (unpaired) electrons. The molecule has 20 heavy (non-hydrogen) atoms. The molecule has 112 valence electrons. The average molecular weight is 281 g/mol. The number of ether oxygens (including phenoxy) is 2. The number of carboxylic acids is 1. The van der Waals surface area contributed by atoms with Gasteiger partial charge in [-0.15, -0.1) is 0 Å². The van der Waals surface area contributed by atoms with E-state index in [0.717, 1.165) is 12.0 Å². The number of methoxy groups -OCH3 is 2. The van der Waals surface area contributed by atoms with Gasteiger partial charge in [0.05, 0.1) is 14.2 Å². The molecule has 1 rings (SSSR count). The highest BCUT2D eigenvalue weighted by atomic mass is 16.5. The molecular weight excluding hydrogens is 258 g/mol. The van der Waals surface area contributed by atoms with E-state index in [-0.39, 0.29) is 0 Å². The fourth-order valence-corrected chi connectivity index (χ4v) is 2.01. The third-order valence-electron chi connectivity index (χ3n) is 3.24. The number of rotatable bonds is 8. The first kappa shape index (κ1) is 16.3. The van der Waals surface area contributed by atoms with Crippen LogP contribution in [-0.4, -0.2) is 37.4 Å². The first-order chi connectivity index (χ1) is 9.46. The number of carbonyl (C=O) groups is 1. The van der Waals surface area contributed by atoms with E-state index in [9.17, 15) is 9.90 Å². The van der Waals surface area contributed by atoms with Crippen LogP contribution in [0.5, 0.6) is 11.5 Å². The molecule has 0 saturated carbocycles. The molecule has 0 aliphatic rings. The molecule has 0 bridgehead atoms. The Hall–Kier alpha value is -1.75. The van der Waals surface area contributed by atoms with Crippen LogP contribution < -0.4 is 14.8 Å². The highest BCUT2D eigenvalue weighted by Gasteiger charge is 2.32. The molecule has 0 fully saturated rings. The lowest BCUT2D eigenvalue weighted by Gasteiger charge is -2.26. The Labute approximate surface area is 119 Å². The minimum absolute atomic E-state index is 0.378. The molecule has 0 heterocycles. The third-order valence-corrected chi connectivity index (χ3v) is 3.24. The van der Waals surface area contributed by atoms with E-state index in [1.165, 1.54) is 0 Å². The molecular formula is C15H23NO4. The highest BCUT2D eigenvalue weighted by Crippen LogP contribution is 2.29. The number of hydrogen-bond donors (Lipinski definition) is 2. The summed E-state index contributed by atoms with van der Waals surface area (Å²) < 4.78 is 10.4. The van der Waals surface area contributed by atoms with Gasteiger partial charge in [0.1, 0.15) is 5.54 Å². The van der Waals surface area contributed by atoms with Crippen molar-refractivity contribution in [2.75, 3.05) is 20.8 Å². The molecule has 5 nitrogen and oxygen atoms in total. The monoisotopic (exact) mass is 281 g/mol. The highest BCUT2D eigenvalue weighted by molar-refractivity contribution is 5.78. The van der Waals surface area contributed by atoms with Gasteiger partial charge in [-0.25, -0.2) is 0 Å². The fourth-order valence-electron chi connectivity index (χ4n) is 2.01. The molecule has 1 aromatic carbocycles. The van der Waals surface area contributed by atoms with Crippen molar-refractivity contribution in [2.24, 2.45) is 0 Å². The number of aliphatic carboxylic acids is 1. The molecule has 0 aliphatic carbocycles. The van der Waals surface area contributed by atoms with Gasteiger partial charge < -0.3 is 19.9 Å². The van der Waals surface area contributed by atoms with Gasteiger partial charge in [-0.3, -0.25) is 4.79 Å². The van der Waals surface area contributed by atoms with E-state index in [4.69, 9.17) is 9.47 Å². The van der Waals surface area contributed by atoms with Crippen LogP contribution >= 0.6 is 0 Å². The summed E-state index contributed by atoms with van der Waals surface area (Å²) in [5, 5.41) is 12.5. The van der Waals surface area contributed by atoms with Crippen molar-refractivity contribution in [2.45, 2.75) is 32.2 Å². The Bertz CT molecular complexity index is 461. The van der Waals surface area contributed by atoms with E-state index in [2.05, 4.69) is 5.32 Å². The summed E-state index contributed by atoms with van der Waals surface area (Å²) in [6.45, 7) is 4.36. The van der Waals surface area contributed by atoms with Crippen molar-refractivity contribution in [3.05, 3.63) is 23.8 Å². The molecule has 0 saturated heterocycles. The second-order valence-corrected chi connectivity index (χ2v) is 4.93. The summed E-state index contributed by atoms with van der Waals surface area (Å²) in [6.07, 6.45) is 1.26. The van der Waals surface area contributed by atoms with E-state index in [1.54, 1.807) is 27.2 Å². The van der Waals surface area contributed by atoms with Gasteiger partial charge in [0.15, 0.2) is 11.5 Å². The second-order valence-electron chi connectivity index (χ2n) is 4.93. The third kappa shape index (κ3) is 3.87. The van der Waals surface area contributed by atoms with Crippen LogP contribution in [0.3, 0.4) is 0 Å². The van der Waals surface area contributed by atoms with E-state index >= 15 is 0 Å². The summed E-state index contributed by atoms with van der Waals surface area (Å²) in [6, 6.07) is 5.46. The molecule has 1 atom stereocenters. The van der Waals surface area contributed by atoms with Crippen molar-refractivity contribution in [1.29, 1.82) is 0 Å². The summed E-state index contributed by atoms with van der Waals surface area (Å²) in [5.74, 6) is 0.378. The van der Waals surface area contributed by atoms with Crippen LogP contribution in [-0.2, 0) is 11.2 Å². The first-order valence-electron chi connectivity index (χ1n) is 6.66. The van der Waals surface area contributed by atoms with Crippen molar-refractivity contribution in [3.63, 3.8) is 0 Å². The number of benzene rings is 1. The molecule has 0 amide bonds. The van der Waals surface area contributed by atoms with Gasteiger partial charge in [-0.1, -0.05) is 13.0 Å². The zero-order chi connectivity index (χ0) is 15.2. The maximum Gasteiger partial charge on any atom is 0.323 e.